The van der Waals surface area contributed by atoms with Crippen molar-refractivity contribution in [2.75, 3.05) is 6.61 Å². The summed E-state index contributed by atoms with van der Waals surface area (Å²) < 4.78 is 10.3. The fourth-order valence-electron chi connectivity index (χ4n) is 2.44. The number of unbranched alkanes of at least 4 members (excludes halogenated alkanes) is 7. The number of esters is 1. The maximum Gasteiger partial charge on any atom is 0.305 e. The first-order chi connectivity index (χ1) is 9.24. The molecule has 2 atom stereocenters. The average molecular weight is 270 g/mol. The van der Waals surface area contributed by atoms with Crippen molar-refractivity contribution in [1.29, 1.82) is 0 Å². The Labute approximate surface area is 118 Å². The van der Waals surface area contributed by atoms with Gasteiger partial charge in [0.05, 0.1) is 18.8 Å². The maximum absolute atomic E-state index is 11.1. The second-order valence-electron chi connectivity index (χ2n) is 5.55. The number of carbonyl (C=O) groups is 1. The largest absolute Gasteiger partial charge is 0.466 e. The minimum Gasteiger partial charge on any atom is -0.466 e. The number of rotatable bonds is 12. The summed E-state index contributed by atoms with van der Waals surface area (Å²) in [5.41, 5.74) is 0. The van der Waals surface area contributed by atoms with Crippen LogP contribution in [0.15, 0.2) is 0 Å². The van der Waals surface area contributed by atoms with E-state index < -0.39 is 0 Å². The molecule has 0 aromatic heterocycles. The highest BCUT2D eigenvalue weighted by molar-refractivity contribution is 5.69. The summed E-state index contributed by atoms with van der Waals surface area (Å²) in [6.45, 7) is 4.51. The van der Waals surface area contributed by atoms with E-state index in [9.17, 15) is 4.79 Å². The number of hydrogen-bond donors (Lipinski definition) is 0. The third kappa shape index (κ3) is 9.04. The van der Waals surface area contributed by atoms with Gasteiger partial charge in [0.25, 0.3) is 0 Å². The highest BCUT2D eigenvalue weighted by Crippen LogP contribution is 2.26. The third-order valence-electron chi connectivity index (χ3n) is 3.76. The quantitative estimate of drug-likeness (QED) is 0.302. The van der Waals surface area contributed by atoms with Crippen molar-refractivity contribution in [2.24, 2.45) is 0 Å². The van der Waals surface area contributed by atoms with Crippen LogP contribution in [0.1, 0.15) is 78.1 Å². The van der Waals surface area contributed by atoms with Gasteiger partial charge in [-0.25, -0.2) is 0 Å². The first-order valence-electron chi connectivity index (χ1n) is 8.05. The molecule has 0 aromatic rings. The van der Waals surface area contributed by atoms with Crippen molar-refractivity contribution in [3.8, 4) is 0 Å². The Bertz CT molecular complexity index is 240. The highest BCUT2D eigenvalue weighted by atomic mass is 16.6. The monoisotopic (exact) mass is 270 g/mol. The standard InChI is InChI=1S/C16H30O3/c1-3-18-16(17)13-11-9-7-5-4-6-8-10-12-15-14(2)19-15/h14-15H,3-13H2,1-2H3. The molecule has 0 N–H and O–H groups in total. The van der Waals surface area contributed by atoms with Crippen LogP contribution in [-0.2, 0) is 14.3 Å². The number of ether oxygens (including phenoxy) is 2. The third-order valence-corrected chi connectivity index (χ3v) is 3.76. The molecule has 0 radical (unpaired) electrons. The number of epoxide rings is 1. The molecule has 0 bridgehead atoms. The molecule has 3 nitrogen and oxygen atoms in total. The molecule has 1 aliphatic rings. The summed E-state index contributed by atoms with van der Waals surface area (Å²) in [6.07, 6.45) is 13.0. The molecule has 1 rings (SSSR count). The molecule has 1 aliphatic heterocycles. The van der Waals surface area contributed by atoms with Gasteiger partial charge in [-0.15, -0.1) is 0 Å². The first kappa shape index (κ1) is 16.5. The molecule has 0 aromatic carbocycles. The van der Waals surface area contributed by atoms with Crippen LogP contribution in [0, 0.1) is 0 Å². The van der Waals surface area contributed by atoms with Gasteiger partial charge in [-0.2, -0.15) is 0 Å². The van der Waals surface area contributed by atoms with Crippen LogP contribution in [0.3, 0.4) is 0 Å². The van der Waals surface area contributed by atoms with Crippen molar-refractivity contribution in [3.05, 3.63) is 0 Å². The van der Waals surface area contributed by atoms with Gasteiger partial charge < -0.3 is 9.47 Å². The van der Waals surface area contributed by atoms with Gasteiger partial charge in [0.1, 0.15) is 0 Å². The topological polar surface area (TPSA) is 38.8 Å². The normalized spacial score (nSPS) is 21.4. The second-order valence-corrected chi connectivity index (χ2v) is 5.55. The molecule has 112 valence electrons. The van der Waals surface area contributed by atoms with E-state index in [1.54, 1.807) is 0 Å². The average Bonchev–Trinajstić information content (AvgIpc) is 3.08. The summed E-state index contributed by atoms with van der Waals surface area (Å²) >= 11 is 0. The lowest BCUT2D eigenvalue weighted by atomic mass is 10.1. The first-order valence-corrected chi connectivity index (χ1v) is 8.05. The lowest BCUT2D eigenvalue weighted by Gasteiger charge is -2.02. The molecule has 0 spiro atoms. The van der Waals surface area contributed by atoms with Crippen LogP contribution in [0.2, 0.25) is 0 Å². The zero-order chi connectivity index (χ0) is 13.9. The van der Waals surface area contributed by atoms with Crippen molar-refractivity contribution in [1.82, 2.24) is 0 Å². The van der Waals surface area contributed by atoms with Gasteiger partial charge >= 0.3 is 5.97 Å². The molecule has 19 heavy (non-hydrogen) atoms. The maximum atomic E-state index is 11.1. The van der Waals surface area contributed by atoms with Crippen LogP contribution < -0.4 is 0 Å². The van der Waals surface area contributed by atoms with Crippen LogP contribution in [0.25, 0.3) is 0 Å². The molecule has 2 unspecified atom stereocenters. The Hall–Kier alpha value is -0.570. The number of hydrogen-bond acceptors (Lipinski definition) is 3. The number of carbonyl (C=O) groups excluding carboxylic acids is 1. The van der Waals surface area contributed by atoms with Crippen molar-refractivity contribution in [3.63, 3.8) is 0 Å². The summed E-state index contributed by atoms with van der Waals surface area (Å²) in [4.78, 5) is 11.1. The van der Waals surface area contributed by atoms with Crippen molar-refractivity contribution < 1.29 is 14.3 Å². The fraction of sp³-hybridized carbons (Fsp3) is 0.938. The Morgan fingerprint density at radius 3 is 2.05 bits per heavy atom. The summed E-state index contributed by atoms with van der Waals surface area (Å²) in [6, 6.07) is 0. The molecule has 1 heterocycles. The molecular formula is C16H30O3. The lowest BCUT2D eigenvalue weighted by molar-refractivity contribution is -0.143. The second kappa shape index (κ2) is 10.2. The van der Waals surface area contributed by atoms with E-state index in [2.05, 4.69) is 6.92 Å². The Balaban J connectivity index is 1.70. The SMILES string of the molecule is CCOC(=O)CCCCCCCCCCC1OC1C. The highest BCUT2D eigenvalue weighted by Gasteiger charge is 2.32. The van der Waals surface area contributed by atoms with Crippen LogP contribution in [0.5, 0.6) is 0 Å². The smallest absolute Gasteiger partial charge is 0.305 e. The summed E-state index contributed by atoms with van der Waals surface area (Å²) in [5, 5.41) is 0. The molecule has 0 saturated carbocycles. The fourth-order valence-corrected chi connectivity index (χ4v) is 2.44. The molecular weight excluding hydrogens is 240 g/mol. The van der Waals surface area contributed by atoms with E-state index in [1.165, 1.54) is 44.9 Å². The van der Waals surface area contributed by atoms with E-state index in [-0.39, 0.29) is 5.97 Å². The van der Waals surface area contributed by atoms with E-state index in [4.69, 9.17) is 9.47 Å². The molecule has 1 saturated heterocycles. The molecule has 1 fully saturated rings. The zero-order valence-electron chi connectivity index (χ0n) is 12.7. The van der Waals surface area contributed by atoms with Gasteiger partial charge in [0, 0.05) is 6.42 Å². The Morgan fingerprint density at radius 1 is 1.00 bits per heavy atom. The lowest BCUT2D eigenvalue weighted by Crippen LogP contribution is -2.03. The Kier molecular flexibility index (Phi) is 8.89. The van der Waals surface area contributed by atoms with Gasteiger partial charge in [0.2, 0.25) is 0 Å². The molecule has 3 heteroatoms. The van der Waals surface area contributed by atoms with Gasteiger partial charge in [-0.05, 0) is 26.7 Å². The van der Waals surface area contributed by atoms with Crippen LogP contribution >= 0.6 is 0 Å². The Morgan fingerprint density at radius 2 is 1.53 bits per heavy atom. The van der Waals surface area contributed by atoms with Crippen LogP contribution in [-0.4, -0.2) is 24.8 Å². The predicted molar refractivity (Wildman–Crippen MR) is 77.1 cm³/mol. The van der Waals surface area contributed by atoms with Crippen molar-refractivity contribution in [2.45, 2.75) is 90.3 Å². The van der Waals surface area contributed by atoms with Gasteiger partial charge in [0.15, 0.2) is 0 Å². The summed E-state index contributed by atoms with van der Waals surface area (Å²) in [5.74, 6) is -0.0426. The van der Waals surface area contributed by atoms with E-state index in [0.717, 1.165) is 12.8 Å². The van der Waals surface area contributed by atoms with E-state index in [1.807, 2.05) is 6.92 Å². The van der Waals surface area contributed by atoms with Gasteiger partial charge in [-0.1, -0.05) is 44.9 Å². The molecule has 0 amide bonds. The van der Waals surface area contributed by atoms with E-state index in [0.29, 0.717) is 25.2 Å². The minimum absolute atomic E-state index is 0.0426. The molecule has 0 aliphatic carbocycles. The van der Waals surface area contributed by atoms with Crippen LogP contribution in [0.4, 0.5) is 0 Å². The van der Waals surface area contributed by atoms with Gasteiger partial charge in [-0.3, -0.25) is 4.79 Å². The summed E-state index contributed by atoms with van der Waals surface area (Å²) in [7, 11) is 0. The predicted octanol–water partition coefficient (Wildman–Crippen LogP) is 4.24. The van der Waals surface area contributed by atoms with E-state index >= 15 is 0 Å². The zero-order valence-corrected chi connectivity index (χ0v) is 12.7. The van der Waals surface area contributed by atoms with Crippen molar-refractivity contribution >= 4 is 5.97 Å². The minimum atomic E-state index is -0.0426.